The average molecular weight is 412 g/mol. The summed E-state index contributed by atoms with van der Waals surface area (Å²) in [6, 6.07) is 10.1. The van der Waals surface area contributed by atoms with Gasteiger partial charge in [-0.1, -0.05) is 18.2 Å². The third-order valence-corrected chi connectivity index (χ3v) is 4.07. The zero-order valence-corrected chi connectivity index (χ0v) is 17.4. The number of aryl methyl sites for hydroxylation is 1. The van der Waals surface area contributed by atoms with E-state index < -0.39 is 11.9 Å². The van der Waals surface area contributed by atoms with E-state index in [1.807, 2.05) is 12.1 Å². The molecule has 158 valence electrons. The highest BCUT2D eigenvalue weighted by Crippen LogP contribution is 2.29. The van der Waals surface area contributed by atoms with E-state index in [0.29, 0.717) is 29.9 Å². The Hall–Kier alpha value is -3.61. The summed E-state index contributed by atoms with van der Waals surface area (Å²) in [5, 5.41) is 0. The first-order valence-electron chi connectivity index (χ1n) is 9.25. The molecule has 0 N–H and O–H groups in total. The second kappa shape index (κ2) is 10.8. The van der Waals surface area contributed by atoms with Crippen LogP contribution in [0.1, 0.15) is 31.4 Å². The standard InChI is InChI=1S/C23H24O7/c1-15(24)29-21-12-6-17(13-23(21)30-16(2)25)5-9-19(26)10-7-18-8-11-20(27-3)14-22(18)28-4/h5-6,8-9,11-14H,7,10H2,1-4H3/b9-5+. The molecule has 0 heterocycles. The van der Waals surface area contributed by atoms with Gasteiger partial charge in [-0.25, -0.2) is 0 Å². The topological polar surface area (TPSA) is 88.1 Å². The smallest absolute Gasteiger partial charge is 0.308 e. The minimum atomic E-state index is -0.547. The van der Waals surface area contributed by atoms with E-state index in [2.05, 4.69) is 0 Å². The highest BCUT2D eigenvalue weighted by molar-refractivity contribution is 5.93. The molecule has 30 heavy (non-hydrogen) atoms. The van der Waals surface area contributed by atoms with Crippen molar-refractivity contribution >= 4 is 23.8 Å². The molecule has 0 atom stereocenters. The van der Waals surface area contributed by atoms with Gasteiger partial charge in [-0.2, -0.15) is 0 Å². The Morgan fingerprint density at radius 1 is 0.833 bits per heavy atom. The molecule has 2 aromatic carbocycles. The predicted molar refractivity (Wildman–Crippen MR) is 111 cm³/mol. The number of methoxy groups -OCH3 is 2. The summed E-state index contributed by atoms with van der Waals surface area (Å²) in [7, 11) is 3.15. The first-order chi connectivity index (χ1) is 14.3. The van der Waals surface area contributed by atoms with Crippen LogP contribution < -0.4 is 18.9 Å². The van der Waals surface area contributed by atoms with Crippen molar-refractivity contribution in [2.24, 2.45) is 0 Å². The largest absolute Gasteiger partial charge is 0.497 e. The molecule has 2 rings (SSSR count). The molecule has 0 amide bonds. The van der Waals surface area contributed by atoms with Crippen molar-refractivity contribution in [3.8, 4) is 23.0 Å². The molecule has 0 aliphatic heterocycles. The number of allylic oxidation sites excluding steroid dienone is 1. The number of rotatable bonds is 9. The normalized spacial score (nSPS) is 10.5. The van der Waals surface area contributed by atoms with Crippen LogP contribution in [-0.2, 0) is 20.8 Å². The summed E-state index contributed by atoms with van der Waals surface area (Å²) in [6.07, 6.45) is 3.87. The van der Waals surface area contributed by atoms with Gasteiger partial charge in [0, 0.05) is 26.3 Å². The Kier molecular flexibility index (Phi) is 8.17. The van der Waals surface area contributed by atoms with E-state index in [-0.39, 0.29) is 17.3 Å². The maximum absolute atomic E-state index is 12.3. The fraction of sp³-hybridized carbons (Fsp3) is 0.261. The van der Waals surface area contributed by atoms with Gasteiger partial charge in [0.25, 0.3) is 0 Å². The maximum atomic E-state index is 12.3. The molecule has 0 saturated carbocycles. The van der Waals surface area contributed by atoms with Gasteiger partial charge < -0.3 is 18.9 Å². The molecule has 0 aliphatic rings. The molecule has 0 unspecified atom stereocenters. The van der Waals surface area contributed by atoms with Gasteiger partial charge in [-0.3, -0.25) is 14.4 Å². The summed E-state index contributed by atoms with van der Waals surface area (Å²) >= 11 is 0. The molecular formula is C23H24O7. The molecule has 0 bridgehead atoms. The van der Waals surface area contributed by atoms with E-state index in [4.69, 9.17) is 18.9 Å². The van der Waals surface area contributed by atoms with Gasteiger partial charge in [0.05, 0.1) is 14.2 Å². The van der Waals surface area contributed by atoms with Crippen molar-refractivity contribution in [2.45, 2.75) is 26.7 Å². The molecule has 0 fully saturated rings. The van der Waals surface area contributed by atoms with Gasteiger partial charge in [0.2, 0.25) is 0 Å². The maximum Gasteiger partial charge on any atom is 0.308 e. The zero-order valence-electron chi connectivity index (χ0n) is 17.4. The van der Waals surface area contributed by atoms with Crippen molar-refractivity contribution in [3.05, 3.63) is 53.6 Å². The van der Waals surface area contributed by atoms with Crippen molar-refractivity contribution in [2.75, 3.05) is 14.2 Å². The van der Waals surface area contributed by atoms with E-state index >= 15 is 0 Å². The third-order valence-electron chi connectivity index (χ3n) is 4.07. The van der Waals surface area contributed by atoms with E-state index in [9.17, 15) is 14.4 Å². The van der Waals surface area contributed by atoms with Crippen LogP contribution in [0.2, 0.25) is 0 Å². The van der Waals surface area contributed by atoms with Crippen LogP contribution >= 0.6 is 0 Å². The number of carbonyl (C=O) groups is 3. The van der Waals surface area contributed by atoms with E-state index in [0.717, 1.165) is 5.56 Å². The van der Waals surface area contributed by atoms with Crippen molar-refractivity contribution < 1.29 is 33.3 Å². The first-order valence-corrected chi connectivity index (χ1v) is 9.25. The average Bonchev–Trinajstić information content (AvgIpc) is 2.71. The number of hydrogen-bond donors (Lipinski definition) is 0. The summed E-state index contributed by atoms with van der Waals surface area (Å²) in [6.45, 7) is 2.50. The molecule has 0 radical (unpaired) electrons. The SMILES string of the molecule is COc1ccc(CCC(=O)/C=C/c2ccc(OC(C)=O)c(OC(C)=O)c2)c(OC)c1. The summed E-state index contributed by atoms with van der Waals surface area (Å²) in [4.78, 5) is 34.8. The van der Waals surface area contributed by atoms with E-state index in [1.54, 1.807) is 32.4 Å². The van der Waals surface area contributed by atoms with Crippen LogP contribution in [0.5, 0.6) is 23.0 Å². The highest BCUT2D eigenvalue weighted by atomic mass is 16.6. The minimum Gasteiger partial charge on any atom is -0.497 e. The number of hydrogen-bond acceptors (Lipinski definition) is 7. The second-order valence-corrected chi connectivity index (χ2v) is 6.37. The first kappa shape index (κ1) is 22.7. The summed E-state index contributed by atoms with van der Waals surface area (Å²) in [5.74, 6) is 0.430. The van der Waals surface area contributed by atoms with Gasteiger partial charge in [-0.05, 0) is 41.8 Å². The van der Waals surface area contributed by atoms with Crippen LogP contribution in [0.15, 0.2) is 42.5 Å². The van der Waals surface area contributed by atoms with Gasteiger partial charge in [0.15, 0.2) is 17.3 Å². The number of ketones is 1. The van der Waals surface area contributed by atoms with Crippen LogP contribution in [0.3, 0.4) is 0 Å². The summed E-state index contributed by atoms with van der Waals surface area (Å²) < 4.78 is 20.6. The lowest BCUT2D eigenvalue weighted by molar-refractivity contribution is -0.134. The Balaban J connectivity index is 2.07. The predicted octanol–water partition coefficient (Wildman–Crippen LogP) is 3.77. The number of esters is 2. The Morgan fingerprint density at radius 2 is 1.53 bits per heavy atom. The lowest BCUT2D eigenvalue weighted by Crippen LogP contribution is -2.07. The molecular weight excluding hydrogens is 388 g/mol. The van der Waals surface area contributed by atoms with Gasteiger partial charge in [-0.15, -0.1) is 0 Å². The molecule has 7 heteroatoms. The Morgan fingerprint density at radius 3 is 2.17 bits per heavy atom. The van der Waals surface area contributed by atoms with Crippen LogP contribution in [0, 0.1) is 0 Å². The molecule has 0 spiro atoms. The van der Waals surface area contributed by atoms with E-state index in [1.165, 1.54) is 32.1 Å². The zero-order chi connectivity index (χ0) is 22.1. The third kappa shape index (κ3) is 6.77. The van der Waals surface area contributed by atoms with Crippen molar-refractivity contribution in [1.29, 1.82) is 0 Å². The van der Waals surface area contributed by atoms with Crippen LogP contribution in [0.4, 0.5) is 0 Å². The van der Waals surface area contributed by atoms with Crippen molar-refractivity contribution in [1.82, 2.24) is 0 Å². The van der Waals surface area contributed by atoms with Gasteiger partial charge in [0.1, 0.15) is 11.5 Å². The molecule has 0 aromatic heterocycles. The lowest BCUT2D eigenvalue weighted by atomic mass is 10.1. The molecule has 2 aromatic rings. The monoisotopic (exact) mass is 412 g/mol. The Labute approximate surface area is 175 Å². The number of ether oxygens (including phenoxy) is 4. The van der Waals surface area contributed by atoms with Crippen molar-refractivity contribution in [3.63, 3.8) is 0 Å². The quantitative estimate of drug-likeness (QED) is 0.352. The highest BCUT2D eigenvalue weighted by Gasteiger charge is 2.11. The second-order valence-electron chi connectivity index (χ2n) is 6.37. The fourth-order valence-electron chi connectivity index (χ4n) is 2.69. The molecule has 0 aliphatic carbocycles. The number of benzene rings is 2. The Bertz CT molecular complexity index is 960. The fourth-order valence-corrected chi connectivity index (χ4v) is 2.69. The number of carbonyl (C=O) groups excluding carboxylic acids is 3. The minimum absolute atomic E-state index is 0.0778. The van der Waals surface area contributed by atoms with Gasteiger partial charge >= 0.3 is 11.9 Å². The summed E-state index contributed by atoms with van der Waals surface area (Å²) in [5.41, 5.74) is 1.53. The molecule has 7 nitrogen and oxygen atoms in total. The van der Waals surface area contributed by atoms with Crippen LogP contribution in [0.25, 0.3) is 6.08 Å². The lowest BCUT2D eigenvalue weighted by Gasteiger charge is -2.10. The van der Waals surface area contributed by atoms with Crippen LogP contribution in [-0.4, -0.2) is 31.9 Å². The molecule has 0 saturated heterocycles.